The van der Waals surface area contributed by atoms with Gasteiger partial charge in [-0.05, 0) is 22.9 Å². The lowest BCUT2D eigenvalue weighted by Gasteiger charge is -2.11. The van der Waals surface area contributed by atoms with Crippen LogP contribution >= 0.6 is 15.9 Å². The van der Waals surface area contributed by atoms with Crippen molar-refractivity contribution in [1.82, 2.24) is 25.0 Å². The third-order valence-corrected chi connectivity index (χ3v) is 3.08. The summed E-state index contributed by atoms with van der Waals surface area (Å²) < 4.78 is 2.68. The van der Waals surface area contributed by atoms with Crippen molar-refractivity contribution in [2.45, 2.75) is 19.5 Å². The minimum absolute atomic E-state index is 0.0355. The van der Waals surface area contributed by atoms with Crippen LogP contribution in [0.1, 0.15) is 12.6 Å². The van der Waals surface area contributed by atoms with Crippen molar-refractivity contribution < 1.29 is 4.79 Å². The van der Waals surface area contributed by atoms with Gasteiger partial charge in [0.05, 0.1) is 24.1 Å². The number of fused-ring (bicyclic) bond motifs is 1. The molecule has 18 heavy (non-hydrogen) atoms. The fourth-order valence-electron chi connectivity index (χ4n) is 1.61. The fourth-order valence-corrected chi connectivity index (χ4v) is 1.92. The van der Waals surface area contributed by atoms with E-state index in [1.165, 1.54) is 0 Å². The number of nitrogens with zero attached hydrogens (tertiary/aromatic N) is 3. The molecule has 0 saturated heterocycles. The summed E-state index contributed by atoms with van der Waals surface area (Å²) >= 11 is 3.32. The molecule has 2 heterocycles. The molecule has 0 saturated carbocycles. The van der Waals surface area contributed by atoms with Crippen LogP contribution in [0.3, 0.4) is 0 Å². The Morgan fingerprint density at radius 1 is 1.50 bits per heavy atom. The van der Waals surface area contributed by atoms with Crippen LogP contribution in [0.2, 0.25) is 0 Å². The molecular formula is C11H14BrN5O. The molecule has 2 N–H and O–H groups in total. The highest BCUT2D eigenvalue weighted by molar-refractivity contribution is 9.10. The summed E-state index contributed by atoms with van der Waals surface area (Å²) in [4.78, 5) is 19.7. The molecule has 1 atom stereocenters. The van der Waals surface area contributed by atoms with Gasteiger partial charge in [-0.1, -0.05) is 0 Å². The Balaban J connectivity index is 2.12. The van der Waals surface area contributed by atoms with Gasteiger partial charge in [0, 0.05) is 19.8 Å². The number of carbonyl (C=O) groups is 1. The van der Waals surface area contributed by atoms with E-state index in [9.17, 15) is 4.79 Å². The molecule has 0 radical (unpaired) electrons. The van der Waals surface area contributed by atoms with Crippen molar-refractivity contribution in [3.8, 4) is 0 Å². The number of hydrogen-bond acceptors (Lipinski definition) is 4. The standard InChI is InChI=1S/C11H14BrN5O/c1-7(11(18)13-2)14-3-8-4-16-10-5-15-9(12)6-17(8)10/h4-7,14H,3H2,1-2H3,(H,13,18). The lowest BCUT2D eigenvalue weighted by molar-refractivity contribution is -0.122. The zero-order chi connectivity index (χ0) is 13.1. The zero-order valence-corrected chi connectivity index (χ0v) is 11.7. The van der Waals surface area contributed by atoms with Gasteiger partial charge in [-0.15, -0.1) is 0 Å². The first kappa shape index (κ1) is 13.0. The van der Waals surface area contributed by atoms with Crippen LogP contribution in [-0.2, 0) is 11.3 Å². The Morgan fingerprint density at radius 3 is 3.00 bits per heavy atom. The molecule has 0 aliphatic rings. The van der Waals surface area contributed by atoms with E-state index in [-0.39, 0.29) is 11.9 Å². The van der Waals surface area contributed by atoms with Crippen LogP contribution in [0.5, 0.6) is 0 Å². The minimum atomic E-state index is -0.245. The molecule has 0 spiro atoms. The number of amides is 1. The number of likely N-dealkylation sites (N-methyl/N-ethyl adjacent to an activating group) is 1. The number of halogens is 1. The van der Waals surface area contributed by atoms with Gasteiger partial charge in [-0.3, -0.25) is 9.20 Å². The van der Waals surface area contributed by atoms with Crippen molar-refractivity contribution >= 4 is 27.5 Å². The van der Waals surface area contributed by atoms with Crippen molar-refractivity contribution in [2.75, 3.05) is 7.05 Å². The summed E-state index contributed by atoms with van der Waals surface area (Å²) in [6, 6.07) is -0.245. The van der Waals surface area contributed by atoms with Gasteiger partial charge in [0.25, 0.3) is 0 Å². The number of nitrogens with one attached hydrogen (secondary N) is 2. The molecule has 2 rings (SSSR count). The Morgan fingerprint density at radius 2 is 2.28 bits per heavy atom. The Labute approximate surface area is 113 Å². The van der Waals surface area contributed by atoms with E-state index in [0.717, 1.165) is 15.9 Å². The number of imidazole rings is 1. The van der Waals surface area contributed by atoms with Crippen molar-refractivity contribution in [1.29, 1.82) is 0 Å². The maximum atomic E-state index is 11.4. The highest BCUT2D eigenvalue weighted by Crippen LogP contribution is 2.10. The summed E-state index contributed by atoms with van der Waals surface area (Å²) in [5, 5.41) is 5.74. The van der Waals surface area contributed by atoms with Gasteiger partial charge in [-0.2, -0.15) is 0 Å². The Kier molecular flexibility index (Phi) is 3.93. The van der Waals surface area contributed by atoms with Gasteiger partial charge in [0.1, 0.15) is 4.60 Å². The highest BCUT2D eigenvalue weighted by atomic mass is 79.9. The third-order valence-electron chi connectivity index (χ3n) is 2.67. The van der Waals surface area contributed by atoms with Crippen molar-refractivity contribution in [3.63, 3.8) is 0 Å². The molecule has 0 aliphatic heterocycles. The number of rotatable bonds is 4. The first-order valence-corrected chi connectivity index (χ1v) is 6.33. The van der Waals surface area contributed by atoms with Crippen LogP contribution < -0.4 is 10.6 Å². The third kappa shape index (κ3) is 2.68. The summed E-state index contributed by atoms with van der Waals surface area (Å²) in [7, 11) is 1.62. The smallest absolute Gasteiger partial charge is 0.236 e. The van der Waals surface area contributed by atoms with E-state index < -0.39 is 0 Å². The molecule has 96 valence electrons. The lowest BCUT2D eigenvalue weighted by atomic mass is 10.3. The molecule has 0 fully saturated rings. The second kappa shape index (κ2) is 5.45. The number of carbonyl (C=O) groups excluding carboxylic acids is 1. The molecule has 1 amide bonds. The largest absolute Gasteiger partial charge is 0.358 e. The quantitative estimate of drug-likeness (QED) is 0.872. The van der Waals surface area contributed by atoms with E-state index in [0.29, 0.717) is 6.54 Å². The number of aromatic nitrogens is 3. The molecule has 1 unspecified atom stereocenters. The first-order valence-electron chi connectivity index (χ1n) is 5.54. The average molecular weight is 312 g/mol. The summed E-state index contributed by atoms with van der Waals surface area (Å²) in [5.41, 5.74) is 1.76. The lowest BCUT2D eigenvalue weighted by Crippen LogP contribution is -2.40. The zero-order valence-electron chi connectivity index (χ0n) is 10.1. The first-order chi connectivity index (χ1) is 8.61. The molecule has 2 aromatic heterocycles. The Bertz CT molecular complexity index is 568. The SMILES string of the molecule is CNC(=O)C(C)NCc1cnc2cnc(Br)cn12. The molecule has 0 bridgehead atoms. The monoisotopic (exact) mass is 311 g/mol. The predicted molar refractivity (Wildman–Crippen MR) is 71.1 cm³/mol. The second-order valence-corrected chi connectivity index (χ2v) is 4.72. The van der Waals surface area contributed by atoms with Crippen LogP contribution in [0.15, 0.2) is 23.2 Å². The second-order valence-electron chi connectivity index (χ2n) is 3.90. The molecule has 2 aromatic rings. The topological polar surface area (TPSA) is 71.3 Å². The maximum absolute atomic E-state index is 11.4. The average Bonchev–Trinajstić information content (AvgIpc) is 2.77. The van der Waals surface area contributed by atoms with Crippen LogP contribution in [0, 0.1) is 0 Å². The van der Waals surface area contributed by atoms with Gasteiger partial charge in [0.2, 0.25) is 5.91 Å². The van der Waals surface area contributed by atoms with E-state index in [1.807, 2.05) is 17.5 Å². The molecule has 0 aliphatic carbocycles. The van der Waals surface area contributed by atoms with E-state index in [2.05, 4.69) is 36.5 Å². The molecule has 7 heteroatoms. The van der Waals surface area contributed by atoms with Gasteiger partial charge >= 0.3 is 0 Å². The van der Waals surface area contributed by atoms with Crippen LogP contribution in [-0.4, -0.2) is 33.4 Å². The minimum Gasteiger partial charge on any atom is -0.358 e. The normalized spacial score (nSPS) is 12.6. The van der Waals surface area contributed by atoms with Crippen molar-refractivity contribution in [3.05, 3.63) is 28.9 Å². The molecule has 0 aromatic carbocycles. The van der Waals surface area contributed by atoms with Gasteiger partial charge in [0.15, 0.2) is 5.65 Å². The summed E-state index contributed by atoms with van der Waals surface area (Å²) in [5.74, 6) is -0.0355. The molecule has 6 nitrogen and oxygen atoms in total. The van der Waals surface area contributed by atoms with Gasteiger partial charge < -0.3 is 10.6 Å². The van der Waals surface area contributed by atoms with Gasteiger partial charge in [-0.25, -0.2) is 9.97 Å². The highest BCUT2D eigenvalue weighted by Gasteiger charge is 2.11. The van der Waals surface area contributed by atoms with E-state index in [4.69, 9.17) is 0 Å². The molecular weight excluding hydrogens is 298 g/mol. The van der Waals surface area contributed by atoms with Crippen LogP contribution in [0.4, 0.5) is 0 Å². The summed E-state index contributed by atoms with van der Waals surface area (Å²) in [6.45, 7) is 2.38. The maximum Gasteiger partial charge on any atom is 0.236 e. The summed E-state index contributed by atoms with van der Waals surface area (Å²) in [6.07, 6.45) is 5.31. The van der Waals surface area contributed by atoms with E-state index in [1.54, 1.807) is 19.4 Å². The van der Waals surface area contributed by atoms with Crippen molar-refractivity contribution in [2.24, 2.45) is 0 Å². The predicted octanol–water partition coefficient (Wildman–Crippen LogP) is 0.716. The van der Waals surface area contributed by atoms with E-state index >= 15 is 0 Å². The number of hydrogen-bond donors (Lipinski definition) is 2. The fraction of sp³-hybridized carbons (Fsp3) is 0.364. The van der Waals surface area contributed by atoms with Crippen LogP contribution in [0.25, 0.3) is 5.65 Å². The Hall–Kier alpha value is -1.47.